The number of para-hydroxylation sites is 1. The molecule has 1 aromatic heterocycles. The second kappa shape index (κ2) is 18.3. The van der Waals surface area contributed by atoms with Crippen LogP contribution in [0.1, 0.15) is 146 Å². The lowest BCUT2D eigenvalue weighted by Gasteiger charge is -2.58. The van der Waals surface area contributed by atoms with Gasteiger partial charge in [-0.3, -0.25) is 0 Å². The van der Waals surface area contributed by atoms with Gasteiger partial charge in [0.1, 0.15) is 5.58 Å². The smallest absolute Gasteiger partial charge is 0.336 e. The molecule has 2 aromatic rings. The average molecular weight is 715 g/mol. The monoisotopic (exact) mass is 715 g/mol. The Balaban J connectivity index is 0.000000224. The first-order valence-corrected chi connectivity index (χ1v) is 20.9. The lowest BCUT2D eigenvalue weighted by molar-refractivity contribution is -0.0575. The number of fused-ring (bicyclic) bond motifs is 6. The van der Waals surface area contributed by atoms with Gasteiger partial charge in [0.05, 0.1) is 11.7 Å². The Morgan fingerprint density at radius 2 is 1.75 bits per heavy atom. The van der Waals surface area contributed by atoms with E-state index in [-0.39, 0.29) is 11.7 Å². The molecule has 290 valence electrons. The van der Waals surface area contributed by atoms with Crippen LogP contribution in [0.25, 0.3) is 11.0 Å². The van der Waals surface area contributed by atoms with E-state index in [1.165, 1.54) is 69.4 Å². The minimum Gasteiger partial charge on any atom is -0.423 e. The van der Waals surface area contributed by atoms with Gasteiger partial charge in [0.25, 0.3) is 0 Å². The number of aliphatic hydroxyl groups excluding tert-OH is 1. The maximum absolute atomic E-state index is 10.7. The van der Waals surface area contributed by atoms with Crippen LogP contribution in [-0.4, -0.2) is 21.9 Å². The first kappa shape index (κ1) is 42.3. The number of hydrogen-bond acceptors (Lipinski definition) is 4. The zero-order valence-electron chi connectivity index (χ0n) is 34.4. The zero-order valence-corrected chi connectivity index (χ0v) is 34.4. The van der Waals surface area contributed by atoms with E-state index in [9.17, 15) is 15.0 Å². The van der Waals surface area contributed by atoms with E-state index < -0.39 is 5.60 Å². The number of hydrogen-bond donors (Lipinski definition) is 2. The lowest BCUT2D eigenvalue weighted by Crippen LogP contribution is -2.50. The molecule has 0 amide bonds. The summed E-state index contributed by atoms with van der Waals surface area (Å²) in [5.41, 5.74) is 3.52. The van der Waals surface area contributed by atoms with E-state index in [0.717, 1.165) is 72.5 Å². The van der Waals surface area contributed by atoms with Crippen molar-refractivity contribution in [3.63, 3.8) is 0 Å². The molecule has 3 fully saturated rings. The SMILES string of the molecule is C=CC(C)(O)CCC=C(C)C.CCC(CCC(C)C1CCC2C3CC=C4CC(O)CCC4(C)C3CCC12C)C(C)C.O=c1ccc2ccccc2o1. The van der Waals surface area contributed by atoms with E-state index in [1.54, 1.807) is 30.7 Å². The summed E-state index contributed by atoms with van der Waals surface area (Å²) in [7, 11) is 0. The lowest BCUT2D eigenvalue weighted by atomic mass is 9.47. The Bertz CT molecular complexity index is 1560. The van der Waals surface area contributed by atoms with Crippen molar-refractivity contribution in [3.8, 4) is 0 Å². The molecular weight excluding hydrogens is 641 g/mol. The van der Waals surface area contributed by atoms with Crippen LogP contribution in [0.3, 0.4) is 0 Å². The van der Waals surface area contributed by atoms with Gasteiger partial charge in [-0.1, -0.05) is 102 Å². The van der Waals surface area contributed by atoms with Crippen LogP contribution in [-0.2, 0) is 0 Å². The summed E-state index contributed by atoms with van der Waals surface area (Å²) >= 11 is 0. The Morgan fingerprint density at radius 1 is 1.02 bits per heavy atom. The molecule has 10 atom stereocenters. The van der Waals surface area contributed by atoms with Gasteiger partial charge in [-0.2, -0.15) is 0 Å². The van der Waals surface area contributed by atoms with Crippen molar-refractivity contribution in [2.75, 3.05) is 0 Å². The molecule has 0 saturated heterocycles. The molecule has 2 N–H and O–H groups in total. The Morgan fingerprint density at radius 3 is 2.42 bits per heavy atom. The third kappa shape index (κ3) is 10.2. The Kier molecular flexibility index (Phi) is 14.9. The van der Waals surface area contributed by atoms with Gasteiger partial charge >= 0.3 is 5.63 Å². The van der Waals surface area contributed by atoms with Gasteiger partial charge in [-0.25, -0.2) is 4.79 Å². The maximum atomic E-state index is 10.7. The highest BCUT2D eigenvalue weighted by Gasteiger charge is 2.59. The molecule has 4 aliphatic rings. The van der Waals surface area contributed by atoms with Crippen molar-refractivity contribution >= 4 is 11.0 Å². The minimum absolute atomic E-state index is 0.0794. The van der Waals surface area contributed by atoms with Gasteiger partial charge in [-0.05, 0) is 156 Å². The highest BCUT2D eigenvalue weighted by Crippen LogP contribution is 2.67. The molecule has 0 aliphatic heterocycles. The number of benzene rings is 1. The molecule has 10 unspecified atom stereocenters. The molecule has 4 heteroatoms. The summed E-state index contributed by atoms with van der Waals surface area (Å²) in [4.78, 5) is 10.7. The fourth-order valence-corrected chi connectivity index (χ4v) is 11.1. The van der Waals surface area contributed by atoms with Gasteiger partial charge in [0.2, 0.25) is 0 Å². The van der Waals surface area contributed by atoms with Gasteiger partial charge in [-0.15, -0.1) is 6.58 Å². The molecule has 6 rings (SSSR count). The van der Waals surface area contributed by atoms with E-state index in [4.69, 9.17) is 4.42 Å². The summed E-state index contributed by atoms with van der Waals surface area (Å²) in [6.45, 7) is 24.5. The van der Waals surface area contributed by atoms with Crippen LogP contribution >= 0.6 is 0 Å². The van der Waals surface area contributed by atoms with Crippen LogP contribution in [0.15, 0.2) is 81.6 Å². The molecule has 0 spiro atoms. The minimum atomic E-state index is -0.702. The summed E-state index contributed by atoms with van der Waals surface area (Å²) in [6, 6.07) is 10.6. The predicted octanol–water partition coefficient (Wildman–Crippen LogP) is 12.5. The summed E-state index contributed by atoms with van der Waals surface area (Å²) < 4.78 is 4.91. The molecule has 1 aromatic carbocycles. The van der Waals surface area contributed by atoms with E-state index >= 15 is 0 Å². The summed E-state index contributed by atoms with van der Waals surface area (Å²) in [5, 5.41) is 20.7. The molecular formula is C48H74O4. The van der Waals surface area contributed by atoms with Crippen LogP contribution in [0.5, 0.6) is 0 Å². The first-order valence-electron chi connectivity index (χ1n) is 20.9. The molecule has 0 radical (unpaired) electrons. The normalized spacial score (nSPS) is 31.5. The number of allylic oxidation sites excluding steroid dienone is 3. The van der Waals surface area contributed by atoms with Crippen molar-refractivity contribution in [2.24, 2.45) is 52.3 Å². The second-order valence-electron chi connectivity index (χ2n) is 18.5. The van der Waals surface area contributed by atoms with Crippen molar-refractivity contribution in [3.05, 3.63) is 82.8 Å². The molecule has 1 heterocycles. The number of aliphatic hydroxyl groups is 2. The Hall–Kier alpha value is -2.43. The highest BCUT2D eigenvalue weighted by atomic mass is 16.4. The fraction of sp³-hybridized carbons (Fsp3) is 0.688. The predicted molar refractivity (Wildman–Crippen MR) is 220 cm³/mol. The fourth-order valence-electron chi connectivity index (χ4n) is 11.1. The van der Waals surface area contributed by atoms with Gasteiger partial charge in [0.15, 0.2) is 0 Å². The second-order valence-corrected chi connectivity index (χ2v) is 18.5. The van der Waals surface area contributed by atoms with E-state index in [0.29, 0.717) is 16.4 Å². The topological polar surface area (TPSA) is 70.7 Å². The van der Waals surface area contributed by atoms with Crippen molar-refractivity contribution < 1.29 is 14.6 Å². The zero-order chi connectivity index (χ0) is 38.3. The standard InChI is InChI=1S/C29H50O.C10H18O.C9H6O2/c1-7-21(19(2)3)9-8-20(4)25-12-13-26-24-11-10-22-18-23(30)14-16-28(22,5)27(24)15-17-29(25,26)6;1-5-10(4,11)8-6-7-9(2)3;10-9-6-5-7-3-1-2-4-8(7)11-9/h10,19-21,23-27,30H,7-9,11-18H2,1-6H3;5,7,11H,1,6,8H2,2-4H3;1-6H. The largest absolute Gasteiger partial charge is 0.423 e. The summed E-state index contributed by atoms with van der Waals surface area (Å²) in [5.74, 6) is 6.31. The molecule has 52 heavy (non-hydrogen) atoms. The van der Waals surface area contributed by atoms with Crippen LogP contribution in [0.4, 0.5) is 0 Å². The van der Waals surface area contributed by atoms with Crippen molar-refractivity contribution in [2.45, 2.75) is 157 Å². The highest BCUT2D eigenvalue weighted by molar-refractivity contribution is 5.75. The molecule has 4 nitrogen and oxygen atoms in total. The van der Waals surface area contributed by atoms with Gasteiger partial charge in [0, 0.05) is 11.5 Å². The average Bonchev–Trinajstić information content (AvgIpc) is 3.46. The first-order chi connectivity index (χ1) is 24.5. The van der Waals surface area contributed by atoms with E-state index in [1.807, 2.05) is 18.2 Å². The molecule has 3 saturated carbocycles. The number of rotatable bonds is 10. The maximum Gasteiger partial charge on any atom is 0.336 e. The van der Waals surface area contributed by atoms with Crippen LogP contribution in [0, 0.1) is 52.3 Å². The third-order valence-electron chi connectivity index (χ3n) is 14.5. The van der Waals surface area contributed by atoms with Crippen molar-refractivity contribution in [1.82, 2.24) is 0 Å². The van der Waals surface area contributed by atoms with Crippen LogP contribution < -0.4 is 5.63 Å². The summed E-state index contributed by atoms with van der Waals surface area (Å²) in [6.07, 6.45) is 22.5. The van der Waals surface area contributed by atoms with Crippen LogP contribution in [0.2, 0.25) is 0 Å². The Labute approximate surface area is 317 Å². The van der Waals surface area contributed by atoms with Crippen molar-refractivity contribution in [1.29, 1.82) is 0 Å². The third-order valence-corrected chi connectivity index (χ3v) is 14.5. The molecule has 0 bridgehead atoms. The van der Waals surface area contributed by atoms with E-state index in [2.05, 4.69) is 74.1 Å². The molecule has 4 aliphatic carbocycles. The van der Waals surface area contributed by atoms with Gasteiger partial charge < -0.3 is 14.6 Å². The quantitative estimate of drug-likeness (QED) is 0.190.